The fourth-order valence-electron chi connectivity index (χ4n) is 5.91. The Kier molecular flexibility index (Phi) is 10.1. The number of amides is 2. The maximum Gasteiger partial charge on any atom is 0.265 e. The van der Waals surface area contributed by atoms with Crippen molar-refractivity contribution in [3.63, 3.8) is 0 Å². The molecule has 0 bridgehead atoms. The number of fused-ring (bicyclic) bond motifs is 1. The first-order valence-electron chi connectivity index (χ1n) is 15.1. The maximum atomic E-state index is 14.5. The van der Waals surface area contributed by atoms with E-state index < -0.39 is 0 Å². The number of halogens is 1. The van der Waals surface area contributed by atoms with E-state index in [1.165, 1.54) is 49.9 Å². The second kappa shape index (κ2) is 14.2. The average Bonchev–Trinajstić information content (AvgIpc) is 3.02. The predicted molar refractivity (Wildman–Crippen MR) is 170 cm³/mol. The van der Waals surface area contributed by atoms with E-state index in [2.05, 4.69) is 24.1 Å². The van der Waals surface area contributed by atoms with Gasteiger partial charge in [0.2, 0.25) is 0 Å². The molecule has 1 fully saturated rings. The molecule has 3 aromatic rings. The SMILES string of the molecule is CC[C@@H](C)N(CCNC(=O)c1ccc(/C=C2/Sc3ccccc3N(Cc3ccccc3F)C2=O)cc1)C1CCCCC1. The highest BCUT2D eigenvalue weighted by Crippen LogP contribution is 2.42. The van der Waals surface area contributed by atoms with E-state index in [1.807, 2.05) is 42.5 Å². The van der Waals surface area contributed by atoms with Gasteiger partial charge in [0.1, 0.15) is 5.82 Å². The van der Waals surface area contributed by atoms with E-state index in [4.69, 9.17) is 0 Å². The Morgan fingerprint density at radius 3 is 2.50 bits per heavy atom. The number of carbonyl (C=O) groups is 2. The van der Waals surface area contributed by atoms with Gasteiger partial charge in [0.25, 0.3) is 11.8 Å². The van der Waals surface area contributed by atoms with Crippen LogP contribution < -0.4 is 10.2 Å². The Morgan fingerprint density at radius 1 is 1.05 bits per heavy atom. The smallest absolute Gasteiger partial charge is 0.265 e. The van der Waals surface area contributed by atoms with Crippen molar-refractivity contribution in [3.05, 3.63) is 100 Å². The van der Waals surface area contributed by atoms with Gasteiger partial charge in [-0.2, -0.15) is 0 Å². The number of thioether (sulfide) groups is 1. The lowest BCUT2D eigenvalue weighted by Gasteiger charge is -2.38. The number of anilines is 1. The van der Waals surface area contributed by atoms with Crippen molar-refractivity contribution in [1.82, 2.24) is 10.2 Å². The minimum absolute atomic E-state index is 0.0879. The molecule has 1 saturated carbocycles. The molecule has 2 amide bonds. The minimum atomic E-state index is -0.332. The maximum absolute atomic E-state index is 14.5. The molecule has 0 unspecified atom stereocenters. The molecule has 0 radical (unpaired) electrons. The Hall–Kier alpha value is -3.42. The summed E-state index contributed by atoms with van der Waals surface area (Å²) in [5.41, 5.74) is 2.66. The van der Waals surface area contributed by atoms with Gasteiger partial charge < -0.3 is 10.2 Å². The summed E-state index contributed by atoms with van der Waals surface area (Å²) in [5, 5.41) is 3.11. The molecule has 2 aliphatic rings. The number of para-hydroxylation sites is 1. The van der Waals surface area contributed by atoms with Crippen LogP contribution in [-0.2, 0) is 11.3 Å². The van der Waals surface area contributed by atoms with Crippen LogP contribution in [0.1, 0.15) is 73.9 Å². The van der Waals surface area contributed by atoms with Crippen molar-refractivity contribution in [1.29, 1.82) is 0 Å². The molecular formula is C35H40FN3O2S. The third-order valence-electron chi connectivity index (χ3n) is 8.45. The van der Waals surface area contributed by atoms with E-state index in [0.29, 0.717) is 34.7 Å². The van der Waals surface area contributed by atoms with Crippen LogP contribution >= 0.6 is 11.8 Å². The van der Waals surface area contributed by atoms with Crippen LogP contribution in [0.5, 0.6) is 0 Å². The van der Waals surface area contributed by atoms with E-state index in [0.717, 1.165) is 29.1 Å². The van der Waals surface area contributed by atoms with E-state index >= 15 is 0 Å². The number of rotatable bonds is 10. The highest BCUT2D eigenvalue weighted by molar-refractivity contribution is 8.04. The first-order valence-corrected chi connectivity index (χ1v) is 15.9. The zero-order valence-corrected chi connectivity index (χ0v) is 25.3. The summed E-state index contributed by atoms with van der Waals surface area (Å²) in [4.78, 5) is 32.2. The van der Waals surface area contributed by atoms with Gasteiger partial charge in [0, 0.05) is 41.2 Å². The van der Waals surface area contributed by atoms with Crippen LogP contribution in [0.3, 0.4) is 0 Å². The largest absolute Gasteiger partial charge is 0.351 e. The van der Waals surface area contributed by atoms with Crippen molar-refractivity contribution in [2.24, 2.45) is 0 Å². The van der Waals surface area contributed by atoms with Crippen molar-refractivity contribution >= 4 is 35.3 Å². The predicted octanol–water partition coefficient (Wildman–Crippen LogP) is 7.67. The van der Waals surface area contributed by atoms with Crippen molar-refractivity contribution in [3.8, 4) is 0 Å². The molecular weight excluding hydrogens is 545 g/mol. The van der Waals surface area contributed by atoms with Crippen LogP contribution in [0.2, 0.25) is 0 Å². The van der Waals surface area contributed by atoms with Gasteiger partial charge in [-0.3, -0.25) is 14.5 Å². The lowest BCUT2D eigenvalue weighted by molar-refractivity contribution is -0.114. The van der Waals surface area contributed by atoms with Crippen molar-refractivity contribution in [2.75, 3.05) is 18.0 Å². The first kappa shape index (κ1) is 30.1. The van der Waals surface area contributed by atoms with Gasteiger partial charge in [-0.1, -0.05) is 80.4 Å². The highest BCUT2D eigenvalue weighted by atomic mass is 32.2. The normalized spacial score (nSPS) is 17.4. The Balaban J connectivity index is 1.25. The molecule has 0 aromatic heterocycles. The third kappa shape index (κ3) is 7.13. The summed E-state index contributed by atoms with van der Waals surface area (Å²) in [6.45, 7) is 6.15. The number of hydrogen-bond acceptors (Lipinski definition) is 4. The molecule has 0 saturated heterocycles. The quantitative estimate of drug-likeness (QED) is 0.248. The summed E-state index contributed by atoms with van der Waals surface area (Å²) < 4.78 is 14.5. The zero-order valence-electron chi connectivity index (χ0n) is 24.5. The minimum Gasteiger partial charge on any atom is -0.351 e. The van der Waals surface area contributed by atoms with Crippen molar-refractivity contribution in [2.45, 2.75) is 75.9 Å². The molecule has 1 atom stereocenters. The standard InChI is InChI=1S/C35H40FN3O2S/c1-3-25(2)38(29-12-5-4-6-13-29)22-21-37-34(40)27-19-17-26(18-20-27)23-33-35(41)39(24-28-11-7-8-14-30(28)36)31-15-9-10-16-32(31)42-33/h7-11,14-20,23,25,29H,3-6,12-13,21-22,24H2,1-2H3,(H,37,40)/b33-23+/t25-/m1/s1. The lowest BCUT2D eigenvalue weighted by atomic mass is 9.93. The van der Waals surface area contributed by atoms with Crippen LogP contribution in [-0.4, -0.2) is 41.9 Å². The highest BCUT2D eigenvalue weighted by Gasteiger charge is 2.30. The Morgan fingerprint density at radius 2 is 1.76 bits per heavy atom. The summed E-state index contributed by atoms with van der Waals surface area (Å²) in [7, 11) is 0. The van der Waals surface area contributed by atoms with E-state index in [1.54, 1.807) is 35.2 Å². The van der Waals surface area contributed by atoms with Crippen LogP contribution in [0.4, 0.5) is 10.1 Å². The topological polar surface area (TPSA) is 52.7 Å². The second-order valence-corrected chi connectivity index (χ2v) is 12.3. The van der Waals surface area contributed by atoms with E-state index in [9.17, 15) is 14.0 Å². The Bertz CT molecular complexity index is 1420. The average molecular weight is 586 g/mol. The van der Waals surface area contributed by atoms with Gasteiger partial charge in [-0.15, -0.1) is 0 Å². The van der Waals surface area contributed by atoms with Gasteiger partial charge in [-0.25, -0.2) is 4.39 Å². The van der Waals surface area contributed by atoms with Crippen LogP contribution in [0.15, 0.2) is 82.6 Å². The summed E-state index contributed by atoms with van der Waals surface area (Å²) in [6.07, 6.45) is 9.38. The van der Waals surface area contributed by atoms with Crippen molar-refractivity contribution < 1.29 is 14.0 Å². The van der Waals surface area contributed by atoms with Crippen LogP contribution in [0.25, 0.3) is 6.08 Å². The fraction of sp³-hybridized carbons (Fsp3) is 0.371. The van der Waals surface area contributed by atoms with Gasteiger partial charge in [0.15, 0.2) is 0 Å². The molecule has 220 valence electrons. The second-order valence-electron chi connectivity index (χ2n) is 11.2. The molecule has 5 rings (SSSR count). The lowest BCUT2D eigenvalue weighted by Crippen LogP contribution is -2.46. The monoisotopic (exact) mass is 585 g/mol. The number of nitrogens with zero attached hydrogens (tertiary/aromatic N) is 2. The molecule has 0 spiro atoms. The fourth-order valence-corrected chi connectivity index (χ4v) is 6.97. The van der Waals surface area contributed by atoms with Crippen LogP contribution in [0, 0.1) is 5.82 Å². The number of carbonyl (C=O) groups excluding carboxylic acids is 2. The molecule has 1 heterocycles. The zero-order chi connectivity index (χ0) is 29.5. The van der Waals surface area contributed by atoms with E-state index in [-0.39, 0.29) is 24.2 Å². The number of nitrogens with one attached hydrogen (secondary N) is 1. The summed E-state index contributed by atoms with van der Waals surface area (Å²) >= 11 is 1.41. The van der Waals surface area contributed by atoms with Gasteiger partial charge >= 0.3 is 0 Å². The molecule has 1 N–H and O–H groups in total. The molecule has 1 aliphatic heterocycles. The summed E-state index contributed by atoms with van der Waals surface area (Å²) in [6, 6.07) is 22.7. The number of hydrogen-bond donors (Lipinski definition) is 1. The molecule has 3 aromatic carbocycles. The summed E-state index contributed by atoms with van der Waals surface area (Å²) in [5.74, 6) is -0.593. The molecule has 1 aliphatic carbocycles. The molecule has 42 heavy (non-hydrogen) atoms. The molecule has 7 heteroatoms. The first-order chi connectivity index (χ1) is 20.4. The van der Waals surface area contributed by atoms with Gasteiger partial charge in [-0.05, 0) is 68.2 Å². The third-order valence-corrected chi connectivity index (χ3v) is 9.52. The number of benzene rings is 3. The Labute approximate surface area is 253 Å². The molecule has 5 nitrogen and oxygen atoms in total. The van der Waals surface area contributed by atoms with Gasteiger partial charge in [0.05, 0.1) is 17.1 Å².